The van der Waals surface area contributed by atoms with E-state index in [-0.39, 0.29) is 5.60 Å². The van der Waals surface area contributed by atoms with E-state index >= 15 is 0 Å². The molecule has 1 saturated carbocycles. The first-order valence-corrected chi connectivity index (χ1v) is 9.27. The average Bonchev–Trinajstić information content (AvgIpc) is 2.54. The van der Waals surface area contributed by atoms with Crippen molar-refractivity contribution >= 4 is 5.82 Å². The van der Waals surface area contributed by atoms with Gasteiger partial charge in [-0.05, 0) is 38.2 Å². The van der Waals surface area contributed by atoms with Crippen LogP contribution >= 0.6 is 0 Å². The first-order valence-electron chi connectivity index (χ1n) is 9.27. The number of aromatic nitrogens is 1. The molecule has 0 bridgehead atoms. The van der Waals surface area contributed by atoms with E-state index in [9.17, 15) is 5.26 Å². The maximum Gasteiger partial charge on any atom is 0.144 e. The molecule has 1 aliphatic carbocycles. The molecule has 0 aromatic carbocycles. The molecular weight excluding hydrogens is 298 g/mol. The second kappa shape index (κ2) is 6.72. The molecular formula is C20H29N3O. The lowest BCUT2D eigenvalue weighted by molar-refractivity contribution is -0.0408. The molecule has 3 rings (SSSR count). The molecule has 130 valence electrons. The molecule has 0 atom stereocenters. The topological polar surface area (TPSA) is 57.9 Å². The summed E-state index contributed by atoms with van der Waals surface area (Å²) in [5, 5.41) is 13.4. The van der Waals surface area contributed by atoms with E-state index in [0.717, 1.165) is 34.6 Å². The Hall–Kier alpha value is -1.60. The number of pyridine rings is 1. The molecule has 1 N–H and O–H groups in total. The van der Waals surface area contributed by atoms with E-state index in [0.29, 0.717) is 18.6 Å². The van der Waals surface area contributed by atoms with Gasteiger partial charge in [-0.1, -0.05) is 33.1 Å². The lowest BCUT2D eigenvalue weighted by Crippen LogP contribution is -2.34. The van der Waals surface area contributed by atoms with Crippen LogP contribution in [0.25, 0.3) is 0 Å². The number of nitriles is 1. The van der Waals surface area contributed by atoms with Gasteiger partial charge in [0.1, 0.15) is 11.9 Å². The quantitative estimate of drug-likeness (QED) is 0.876. The van der Waals surface area contributed by atoms with Crippen molar-refractivity contribution in [2.24, 2.45) is 0 Å². The van der Waals surface area contributed by atoms with Crippen LogP contribution in [0.15, 0.2) is 0 Å². The van der Waals surface area contributed by atoms with Crippen LogP contribution in [0.5, 0.6) is 0 Å². The fourth-order valence-corrected chi connectivity index (χ4v) is 3.94. The van der Waals surface area contributed by atoms with Crippen molar-refractivity contribution in [3.8, 4) is 6.07 Å². The monoisotopic (exact) mass is 327 g/mol. The molecule has 1 fully saturated rings. The molecule has 0 spiro atoms. The molecule has 0 amide bonds. The van der Waals surface area contributed by atoms with Gasteiger partial charge in [0.25, 0.3) is 0 Å². The third-order valence-electron chi connectivity index (χ3n) is 5.26. The number of nitrogens with one attached hydrogen (secondary N) is 1. The van der Waals surface area contributed by atoms with Crippen molar-refractivity contribution in [2.45, 2.75) is 90.4 Å². The Balaban J connectivity index is 2.05. The van der Waals surface area contributed by atoms with Crippen molar-refractivity contribution in [1.82, 2.24) is 4.98 Å². The number of hydrogen-bond donors (Lipinski definition) is 1. The molecule has 4 nitrogen and oxygen atoms in total. The Morgan fingerprint density at radius 3 is 2.54 bits per heavy atom. The molecule has 4 heteroatoms. The number of ether oxygens (including phenoxy) is 1. The lowest BCUT2D eigenvalue weighted by Gasteiger charge is -2.35. The van der Waals surface area contributed by atoms with E-state index in [1.165, 1.54) is 32.1 Å². The largest absolute Gasteiger partial charge is 0.370 e. The third-order valence-corrected chi connectivity index (χ3v) is 5.26. The Morgan fingerprint density at radius 2 is 1.92 bits per heavy atom. The summed E-state index contributed by atoms with van der Waals surface area (Å²) in [4.78, 5) is 4.88. The zero-order valence-electron chi connectivity index (χ0n) is 15.4. The fraction of sp³-hybridized carbons (Fsp3) is 0.700. The first-order chi connectivity index (χ1) is 11.4. The van der Waals surface area contributed by atoms with Gasteiger partial charge in [-0.2, -0.15) is 5.26 Å². The minimum Gasteiger partial charge on any atom is -0.370 e. The van der Waals surface area contributed by atoms with Crippen LogP contribution < -0.4 is 5.32 Å². The smallest absolute Gasteiger partial charge is 0.144 e. The van der Waals surface area contributed by atoms with Crippen molar-refractivity contribution < 1.29 is 4.74 Å². The van der Waals surface area contributed by atoms with Gasteiger partial charge < -0.3 is 10.1 Å². The van der Waals surface area contributed by atoms with E-state index in [4.69, 9.17) is 9.72 Å². The normalized spacial score (nSPS) is 20.5. The summed E-state index contributed by atoms with van der Waals surface area (Å²) in [6.45, 7) is 9.08. The second-order valence-electron chi connectivity index (χ2n) is 8.15. The number of anilines is 1. The van der Waals surface area contributed by atoms with Gasteiger partial charge in [0.2, 0.25) is 0 Å². The predicted molar refractivity (Wildman–Crippen MR) is 96.1 cm³/mol. The molecule has 0 unspecified atom stereocenters. The predicted octanol–water partition coefficient (Wildman–Crippen LogP) is 4.67. The van der Waals surface area contributed by atoms with Gasteiger partial charge in [-0.15, -0.1) is 0 Å². The summed E-state index contributed by atoms with van der Waals surface area (Å²) in [7, 11) is 0. The Labute approximate surface area is 145 Å². The third kappa shape index (κ3) is 3.42. The number of fused-ring (bicyclic) bond motifs is 1. The SMILES string of the molecule is CC(C)c1nc(NC2CCCCC2)c(C#N)c2c1COC(C)(C)C2. The van der Waals surface area contributed by atoms with Crippen LogP contribution in [0.4, 0.5) is 5.82 Å². The molecule has 0 saturated heterocycles. The van der Waals surface area contributed by atoms with Crippen molar-refractivity contribution in [1.29, 1.82) is 5.26 Å². The maximum atomic E-state index is 9.83. The fourth-order valence-electron chi connectivity index (χ4n) is 3.94. The highest BCUT2D eigenvalue weighted by Crippen LogP contribution is 2.37. The molecule has 0 radical (unpaired) electrons. The van der Waals surface area contributed by atoms with Crippen LogP contribution in [-0.4, -0.2) is 16.6 Å². The molecule has 2 aliphatic rings. The molecule has 2 heterocycles. The summed E-state index contributed by atoms with van der Waals surface area (Å²) < 4.78 is 6.00. The summed E-state index contributed by atoms with van der Waals surface area (Å²) in [5.41, 5.74) is 3.87. The van der Waals surface area contributed by atoms with E-state index in [2.05, 4.69) is 39.1 Å². The highest BCUT2D eigenvalue weighted by Gasteiger charge is 2.32. The van der Waals surface area contributed by atoms with Crippen LogP contribution in [0.2, 0.25) is 0 Å². The highest BCUT2D eigenvalue weighted by molar-refractivity contribution is 5.61. The summed E-state index contributed by atoms with van der Waals surface area (Å²) in [6.07, 6.45) is 6.98. The Kier molecular flexibility index (Phi) is 4.83. The van der Waals surface area contributed by atoms with E-state index < -0.39 is 0 Å². The van der Waals surface area contributed by atoms with E-state index in [1.54, 1.807) is 0 Å². The van der Waals surface area contributed by atoms with Gasteiger partial charge in [-0.25, -0.2) is 4.98 Å². The Morgan fingerprint density at radius 1 is 1.21 bits per heavy atom. The zero-order valence-corrected chi connectivity index (χ0v) is 15.4. The number of hydrogen-bond acceptors (Lipinski definition) is 4. The van der Waals surface area contributed by atoms with Crippen molar-refractivity contribution in [3.63, 3.8) is 0 Å². The van der Waals surface area contributed by atoms with Crippen LogP contribution in [-0.2, 0) is 17.8 Å². The molecule has 1 aliphatic heterocycles. The summed E-state index contributed by atoms with van der Waals surface area (Å²) in [6, 6.07) is 2.89. The summed E-state index contributed by atoms with van der Waals surface area (Å²) >= 11 is 0. The van der Waals surface area contributed by atoms with Crippen LogP contribution in [0.3, 0.4) is 0 Å². The average molecular weight is 327 g/mol. The van der Waals surface area contributed by atoms with Crippen LogP contribution in [0.1, 0.15) is 88.1 Å². The minimum absolute atomic E-state index is 0.226. The van der Waals surface area contributed by atoms with Gasteiger partial charge in [-0.3, -0.25) is 0 Å². The number of nitrogens with zero attached hydrogens (tertiary/aromatic N) is 2. The standard InChI is InChI=1S/C20H29N3O/c1-13(2)18-17-12-24-20(3,4)10-15(17)16(11-21)19(23-18)22-14-8-6-5-7-9-14/h13-14H,5-10,12H2,1-4H3,(H,22,23). The van der Waals surface area contributed by atoms with Crippen LogP contribution in [0, 0.1) is 11.3 Å². The second-order valence-corrected chi connectivity index (χ2v) is 8.15. The van der Waals surface area contributed by atoms with Crippen molar-refractivity contribution in [3.05, 3.63) is 22.4 Å². The Bertz CT molecular complexity index is 652. The summed E-state index contributed by atoms with van der Waals surface area (Å²) in [5.74, 6) is 1.12. The molecule has 24 heavy (non-hydrogen) atoms. The maximum absolute atomic E-state index is 9.83. The molecule has 1 aromatic heterocycles. The van der Waals surface area contributed by atoms with E-state index in [1.807, 2.05) is 0 Å². The first kappa shape index (κ1) is 17.2. The zero-order chi connectivity index (χ0) is 17.3. The van der Waals surface area contributed by atoms with Gasteiger partial charge in [0.15, 0.2) is 0 Å². The van der Waals surface area contributed by atoms with Gasteiger partial charge in [0.05, 0.1) is 23.5 Å². The minimum atomic E-state index is -0.226. The van der Waals surface area contributed by atoms with Gasteiger partial charge >= 0.3 is 0 Å². The van der Waals surface area contributed by atoms with Gasteiger partial charge in [0, 0.05) is 18.0 Å². The number of rotatable bonds is 3. The molecule has 1 aromatic rings. The highest BCUT2D eigenvalue weighted by atomic mass is 16.5. The van der Waals surface area contributed by atoms with Crippen molar-refractivity contribution in [2.75, 3.05) is 5.32 Å². The lowest BCUT2D eigenvalue weighted by atomic mass is 9.86.